The summed E-state index contributed by atoms with van der Waals surface area (Å²) in [7, 11) is 0. The summed E-state index contributed by atoms with van der Waals surface area (Å²) in [5, 5.41) is 2.98. The SMILES string of the molecule is CC(C(=O)NCC1CCOC1)C(N)c1ccccc1.Cl. The van der Waals surface area contributed by atoms with Gasteiger partial charge in [-0.2, -0.15) is 0 Å². The van der Waals surface area contributed by atoms with Crippen LogP contribution in [0, 0.1) is 11.8 Å². The molecule has 1 amide bonds. The van der Waals surface area contributed by atoms with Crippen LogP contribution in [0.5, 0.6) is 0 Å². The van der Waals surface area contributed by atoms with E-state index in [1.54, 1.807) is 0 Å². The van der Waals surface area contributed by atoms with Crippen molar-refractivity contribution in [3.63, 3.8) is 0 Å². The van der Waals surface area contributed by atoms with Crippen molar-refractivity contribution in [2.75, 3.05) is 19.8 Å². The van der Waals surface area contributed by atoms with E-state index in [1.165, 1.54) is 0 Å². The second-order valence-electron chi connectivity index (χ2n) is 5.20. The maximum atomic E-state index is 12.1. The molecule has 1 heterocycles. The third-order valence-corrected chi connectivity index (χ3v) is 3.73. The van der Waals surface area contributed by atoms with Gasteiger partial charge in [0.05, 0.1) is 12.5 Å². The Morgan fingerprint density at radius 3 is 2.75 bits per heavy atom. The van der Waals surface area contributed by atoms with Crippen LogP contribution in [0.2, 0.25) is 0 Å². The van der Waals surface area contributed by atoms with E-state index in [-0.39, 0.29) is 30.3 Å². The fourth-order valence-corrected chi connectivity index (χ4v) is 2.28. The second-order valence-corrected chi connectivity index (χ2v) is 5.20. The zero-order valence-electron chi connectivity index (χ0n) is 11.7. The fourth-order valence-electron chi connectivity index (χ4n) is 2.28. The summed E-state index contributed by atoms with van der Waals surface area (Å²) < 4.78 is 5.29. The quantitative estimate of drug-likeness (QED) is 0.872. The molecule has 3 N–H and O–H groups in total. The lowest BCUT2D eigenvalue weighted by molar-refractivity contribution is -0.125. The fraction of sp³-hybridized carbons (Fsp3) is 0.533. The molecule has 1 aliphatic rings. The highest BCUT2D eigenvalue weighted by atomic mass is 35.5. The first kappa shape index (κ1) is 17.0. The van der Waals surface area contributed by atoms with Gasteiger partial charge in [0.1, 0.15) is 0 Å². The van der Waals surface area contributed by atoms with Crippen molar-refractivity contribution in [3.8, 4) is 0 Å². The molecule has 0 bridgehead atoms. The van der Waals surface area contributed by atoms with E-state index in [0.717, 1.165) is 25.2 Å². The zero-order chi connectivity index (χ0) is 13.7. The standard InChI is InChI=1S/C15H22N2O2.ClH/c1-11(14(16)13-5-3-2-4-6-13)15(18)17-9-12-7-8-19-10-12;/h2-6,11-12,14H,7-10,16H2,1H3,(H,17,18);1H. The van der Waals surface area contributed by atoms with E-state index in [4.69, 9.17) is 10.5 Å². The van der Waals surface area contributed by atoms with Crippen LogP contribution in [0.25, 0.3) is 0 Å². The lowest BCUT2D eigenvalue weighted by atomic mass is 9.94. The van der Waals surface area contributed by atoms with Crippen LogP contribution < -0.4 is 11.1 Å². The molecule has 3 unspecified atom stereocenters. The molecule has 5 heteroatoms. The molecule has 112 valence electrons. The zero-order valence-corrected chi connectivity index (χ0v) is 12.6. The number of benzene rings is 1. The molecular formula is C15H23ClN2O2. The summed E-state index contributed by atoms with van der Waals surface area (Å²) in [5.41, 5.74) is 7.13. The van der Waals surface area contributed by atoms with Crippen LogP contribution in [0.1, 0.15) is 24.9 Å². The number of hydrogen-bond donors (Lipinski definition) is 2. The first-order valence-corrected chi connectivity index (χ1v) is 6.84. The number of rotatable bonds is 5. The molecule has 1 aromatic rings. The molecule has 0 radical (unpaired) electrons. The van der Waals surface area contributed by atoms with Gasteiger partial charge < -0.3 is 15.8 Å². The average molecular weight is 299 g/mol. The maximum Gasteiger partial charge on any atom is 0.224 e. The predicted octanol–water partition coefficient (Wildman–Crippen LogP) is 1.90. The van der Waals surface area contributed by atoms with Crippen molar-refractivity contribution in [2.24, 2.45) is 17.6 Å². The topological polar surface area (TPSA) is 64.3 Å². The molecular weight excluding hydrogens is 276 g/mol. The Bertz CT molecular complexity index is 408. The van der Waals surface area contributed by atoms with Crippen LogP contribution in [0.15, 0.2) is 30.3 Å². The molecule has 3 atom stereocenters. The van der Waals surface area contributed by atoms with E-state index in [9.17, 15) is 4.79 Å². The Morgan fingerprint density at radius 2 is 2.15 bits per heavy atom. The molecule has 0 aliphatic carbocycles. The highest BCUT2D eigenvalue weighted by Gasteiger charge is 2.23. The van der Waals surface area contributed by atoms with Gasteiger partial charge in [-0.25, -0.2) is 0 Å². The van der Waals surface area contributed by atoms with Crippen molar-refractivity contribution in [1.29, 1.82) is 0 Å². The van der Waals surface area contributed by atoms with Crippen LogP contribution in [0.3, 0.4) is 0 Å². The van der Waals surface area contributed by atoms with Gasteiger partial charge >= 0.3 is 0 Å². The number of amides is 1. The Balaban J connectivity index is 0.00000200. The molecule has 0 spiro atoms. The smallest absolute Gasteiger partial charge is 0.224 e. The highest BCUT2D eigenvalue weighted by molar-refractivity contribution is 5.85. The minimum atomic E-state index is -0.263. The maximum absolute atomic E-state index is 12.1. The summed E-state index contributed by atoms with van der Waals surface area (Å²) in [4.78, 5) is 12.1. The molecule has 1 aromatic carbocycles. The highest BCUT2D eigenvalue weighted by Crippen LogP contribution is 2.19. The van der Waals surface area contributed by atoms with Gasteiger partial charge in [-0.15, -0.1) is 12.4 Å². The van der Waals surface area contributed by atoms with Gasteiger partial charge in [0, 0.05) is 25.1 Å². The number of halogens is 1. The van der Waals surface area contributed by atoms with Gasteiger partial charge in [0.25, 0.3) is 0 Å². The predicted molar refractivity (Wildman–Crippen MR) is 81.7 cm³/mol. The van der Waals surface area contributed by atoms with Crippen molar-refractivity contribution in [2.45, 2.75) is 19.4 Å². The number of ether oxygens (including phenoxy) is 1. The van der Waals surface area contributed by atoms with Crippen molar-refractivity contribution in [1.82, 2.24) is 5.32 Å². The van der Waals surface area contributed by atoms with Crippen molar-refractivity contribution in [3.05, 3.63) is 35.9 Å². The number of nitrogens with one attached hydrogen (secondary N) is 1. The average Bonchev–Trinajstić information content (AvgIpc) is 2.97. The first-order valence-electron chi connectivity index (χ1n) is 6.84. The summed E-state index contributed by atoms with van der Waals surface area (Å²) in [6.45, 7) is 4.11. The monoisotopic (exact) mass is 298 g/mol. The summed E-state index contributed by atoms with van der Waals surface area (Å²) >= 11 is 0. The number of nitrogens with two attached hydrogens (primary N) is 1. The third kappa shape index (κ3) is 4.47. The Hall–Kier alpha value is -1.10. The number of hydrogen-bond acceptors (Lipinski definition) is 3. The number of carbonyl (C=O) groups is 1. The summed E-state index contributed by atoms with van der Waals surface area (Å²) in [6, 6.07) is 9.48. The minimum absolute atomic E-state index is 0. The first-order chi connectivity index (χ1) is 9.18. The van der Waals surface area contributed by atoms with E-state index in [0.29, 0.717) is 12.5 Å². The summed E-state index contributed by atoms with van der Waals surface area (Å²) in [5.74, 6) is 0.233. The van der Waals surface area contributed by atoms with Gasteiger partial charge in [-0.1, -0.05) is 37.3 Å². The molecule has 1 saturated heterocycles. The van der Waals surface area contributed by atoms with E-state index in [2.05, 4.69) is 5.32 Å². The summed E-state index contributed by atoms with van der Waals surface area (Å²) in [6.07, 6.45) is 1.03. The van der Waals surface area contributed by atoms with E-state index in [1.807, 2.05) is 37.3 Å². The van der Waals surface area contributed by atoms with Gasteiger partial charge in [0.15, 0.2) is 0 Å². The van der Waals surface area contributed by atoms with E-state index < -0.39 is 0 Å². The van der Waals surface area contributed by atoms with Crippen LogP contribution in [-0.4, -0.2) is 25.7 Å². The normalized spacial score (nSPS) is 20.8. The second kappa shape index (κ2) is 8.25. The third-order valence-electron chi connectivity index (χ3n) is 3.73. The van der Waals surface area contributed by atoms with Gasteiger partial charge in [-0.3, -0.25) is 4.79 Å². The van der Waals surface area contributed by atoms with Crippen LogP contribution in [-0.2, 0) is 9.53 Å². The lowest BCUT2D eigenvalue weighted by Crippen LogP contribution is -2.38. The number of carbonyl (C=O) groups excluding carboxylic acids is 1. The minimum Gasteiger partial charge on any atom is -0.381 e. The Labute approximate surface area is 126 Å². The van der Waals surface area contributed by atoms with Crippen LogP contribution in [0.4, 0.5) is 0 Å². The largest absolute Gasteiger partial charge is 0.381 e. The molecule has 0 saturated carbocycles. The lowest BCUT2D eigenvalue weighted by Gasteiger charge is -2.20. The van der Waals surface area contributed by atoms with Gasteiger partial charge in [0.2, 0.25) is 5.91 Å². The van der Waals surface area contributed by atoms with Crippen molar-refractivity contribution >= 4 is 18.3 Å². The van der Waals surface area contributed by atoms with Gasteiger partial charge in [-0.05, 0) is 12.0 Å². The Kier molecular flexibility index (Phi) is 6.99. The molecule has 0 aromatic heterocycles. The van der Waals surface area contributed by atoms with Crippen molar-refractivity contribution < 1.29 is 9.53 Å². The molecule has 20 heavy (non-hydrogen) atoms. The molecule has 1 aliphatic heterocycles. The molecule has 4 nitrogen and oxygen atoms in total. The van der Waals surface area contributed by atoms with Crippen LogP contribution >= 0.6 is 12.4 Å². The molecule has 2 rings (SSSR count). The molecule has 1 fully saturated rings. The van der Waals surface area contributed by atoms with E-state index >= 15 is 0 Å². The Morgan fingerprint density at radius 1 is 1.45 bits per heavy atom.